The lowest BCUT2D eigenvalue weighted by Gasteiger charge is -2.52. The minimum Gasteiger partial charge on any atom is -0.294 e. The van der Waals surface area contributed by atoms with Gasteiger partial charge in [-0.2, -0.15) is 26.3 Å². The van der Waals surface area contributed by atoms with Gasteiger partial charge >= 0.3 is 12.4 Å². The largest absolute Gasteiger partial charge is 0.392 e. The molecule has 0 bridgehead atoms. The average Bonchev–Trinajstić information content (AvgIpc) is 4.35. The highest BCUT2D eigenvalue weighted by atomic mass is 19.4. The van der Waals surface area contributed by atoms with Gasteiger partial charge in [0.2, 0.25) is 0 Å². The van der Waals surface area contributed by atoms with Crippen LogP contribution < -0.4 is 0 Å². The van der Waals surface area contributed by atoms with Crippen LogP contribution in [0.2, 0.25) is 0 Å². The van der Waals surface area contributed by atoms with Crippen LogP contribution in [0, 0.1) is 82.9 Å². The van der Waals surface area contributed by atoms with Crippen molar-refractivity contribution < 1.29 is 26.3 Å². The van der Waals surface area contributed by atoms with Crippen molar-refractivity contribution in [3.63, 3.8) is 0 Å². The third-order valence-corrected chi connectivity index (χ3v) is 28.9. The van der Waals surface area contributed by atoms with Crippen molar-refractivity contribution in [2.24, 2.45) is 82.9 Å². The molecule has 0 amide bonds. The average molecular weight is 1090 g/mol. The second kappa shape index (κ2) is 21.7. The number of halogens is 6. The van der Waals surface area contributed by atoms with E-state index in [0.29, 0.717) is 36.3 Å². The summed E-state index contributed by atoms with van der Waals surface area (Å²) in [6.45, 7) is 0. The normalized spacial score (nSPS) is 52.5. The maximum Gasteiger partial charge on any atom is 0.392 e. The van der Waals surface area contributed by atoms with E-state index in [2.05, 4.69) is 19.6 Å². The molecule has 0 radical (unpaired) electrons. The molecule has 4 nitrogen and oxygen atoms in total. The Bertz CT molecular complexity index is 1860. The lowest BCUT2D eigenvalue weighted by atomic mass is 9.56. The van der Waals surface area contributed by atoms with E-state index in [1.807, 2.05) is 0 Å². The van der Waals surface area contributed by atoms with Crippen molar-refractivity contribution in [3.8, 4) is 0 Å². The topological polar surface area (TPSA) is 13.0 Å². The quantitative estimate of drug-likeness (QED) is 0.246. The first-order valence-corrected chi connectivity index (χ1v) is 35.2. The molecule has 15 fully saturated rings. The zero-order chi connectivity index (χ0) is 52.6. The van der Waals surface area contributed by atoms with Crippen LogP contribution >= 0.6 is 0 Å². The zero-order valence-electron chi connectivity index (χ0n) is 48.4. The van der Waals surface area contributed by atoms with Crippen molar-refractivity contribution in [1.29, 1.82) is 0 Å². The molecule has 11 aliphatic carbocycles. The standard InChI is InChI=1S/C68H106F6N4/c69-67(70,71)57-39-53(41-25-29-43(30-26-41)75-63-23-11-5-17-51(63)55-37-45(33-35-65(55)75)77-59-19-7-1-13-47(59)48-14-2-8-20-60(48)77)54(40-58(57)68(72,73)74)42-27-31-44(32-28-42)76-64-24-12-6-18-52(64)56-38-46(34-36-66(56)76)78-61-21-9-3-15-49(61)50-16-4-10-22-62(50)78/h41-66H,1-40H2. The maximum atomic E-state index is 15.1. The molecule has 78 heavy (non-hydrogen) atoms. The summed E-state index contributed by atoms with van der Waals surface area (Å²) in [4.78, 5) is 12.5. The van der Waals surface area contributed by atoms with Gasteiger partial charge in [-0.25, -0.2) is 0 Å². The molecule has 10 heteroatoms. The summed E-state index contributed by atoms with van der Waals surface area (Å²) in [7, 11) is 0. The Morgan fingerprint density at radius 3 is 0.718 bits per heavy atom. The molecule has 0 aromatic heterocycles. The minimum absolute atomic E-state index is 0.113. The fourth-order valence-corrected chi connectivity index (χ4v) is 26.5. The molecule has 4 aliphatic heterocycles. The second-order valence-corrected chi connectivity index (χ2v) is 31.5. The van der Waals surface area contributed by atoms with Gasteiger partial charge in [-0.1, -0.05) is 77.0 Å². The molecular weight excluding hydrogens is 987 g/mol. The van der Waals surface area contributed by atoms with Crippen LogP contribution in [0.3, 0.4) is 0 Å². The summed E-state index contributed by atoms with van der Waals surface area (Å²) < 4.78 is 90.8. The summed E-state index contributed by atoms with van der Waals surface area (Å²) in [6.07, 6.45) is 39.3. The molecule has 22 atom stereocenters. The van der Waals surface area contributed by atoms with E-state index in [1.54, 1.807) is 0 Å². The summed E-state index contributed by atoms with van der Waals surface area (Å²) in [6, 6.07) is 8.36. The number of hydrogen-bond donors (Lipinski definition) is 0. The van der Waals surface area contributed by atoms with Crippen LogP contribution in [0.15, 0.2) is 0 Å². The first-order chi connectivity index (χ1) is 38.0. The summed E-state index contributed by atoms with van der Waals surface area (Å²) in [5.41, 5.74) is 0. The van der Waals surface area contributed by atoms with Gasteiger partial charge in [-0.15, -0.1) is 0 Å². The molecule has 0 aromatic rings. The van der Waals surface area contributed by atoms with Crippen LogP contribution in [-0.2, 0) is 0 Å². The van der Waals surface area contributed by atoms with Gasteiger partial charge in [0.25, 0.3) is 0 Å². The number of alkyl halides is 6. The van der Waals surface area contributed by atoms with Crippen molar-refractivity contribution >= 4 is 0 Å². The van der Waals surface area contributed by atoms with Crippen LogP contribution in [0.1, 0.15) is 257 Å². The van der Waals surface area contributed by atoms with Crippen molar-refractivity contribution in [2.75, 3.05) is 0 Å². The minimum atomic E-state index is -4.82. The first-order valence-electron chi connectivity index (χ1n) is 35.2. The Morgan fingerprint density at radius 1 is 0.205 bits per heavy atom. The highest BCUT2D eigenvalue weighted by Crippen LogP contribution is 2.62. The summed E-state index contributed by atoms with van der Waals surface area (Å²) >= 11 is 0. The van der Waals surface area contributed by atoms with E-state index in [-0.39, 0.29) is 36.5 Å². The number of nitrogens with zero attached hydrogens (tertiary/aromatic N) is 4. The highest BCUT2D eigenvalue weighted by molar-refractivity contribution is 5.14. The van der Waals surface area contributed by atoms with E-state index < -0.39 is 24.2 Å². The molecule has 11 saturated carbocycles. The number of rotatable bonds is 6. The zero-order valence-corrected chi connectivity index (χ0v) is 48.4. The van der Waals surface area contributed by atoms with E-state index in [1.165, 1.54) is 193 Å². The lowest BCUT2D eigenvalue weighted by molar-refractivity contribution is -0.276. The van der Waals surface area contributed by atoms with Crippen LogP contribution in [0.5, 0.6) is 0 Å². The Labute approximate surface area is 468 Å². The fraction of sp³-hybridized carbons (Fsp3) is 1.00. The van der Waals surface area contributed by atoms with Gasteiger partial charge in [-0.3, -0.25) is 19.6 Å². The molecule has 440 valence electrons. The van der Waals surface area contributed by atoms with E-state index in [9.17, 15) is 0 Å². The van der Waals surface area contributed by atoms with Crippen molar-refractivity contribution in [2.45, 2.75) is 342 Å². The SMILES string of the molecule is FC(F)(F)C1CC(C2CCC(N3C4CCCCC4C4CC(N5C6CCCCC6C6CCCCC65)CCC43)CC2)C(C2CCC(N3C4CCCCC4C4CC(N5C6CCCCC6C6CCCCC65)CCC43)CC2)CC1C(F)(F)F. The van der Waals surface area contributed by atoms with Crippen LogP contribution in [-0.4, -0.2) is 104 Å². The third-order valence-electron chi connectivity index (χ3n) is 28.9. The van der Waals surface area contributed by atoms with Crippen molar-refractivity contribution in [1.82, 2.24) is 19.6 Å². The summed E-state index contributed by atoms with van der Waals surface area (Å²) in [5.74, 6) is 2.09. The predicted octanol–water partition coefficient (Wildman–Crippen LogP) is 17.2. The van der Waals surface area contributed by atoms with E-state index in [0.717, 1.165) is 135 Å². The third kappa shape index (κ3) is 9.34. The van der Waals surface area contributed by atoms with E-state index >= 15 is 26.3 Å². The fourth-order valence-electron chi connectivity index (χ4n) is 26.5. The molecule has 0 N–H and O–H groups in total. The molecule has 0 aromatic carbocycles. The van der Waals surface area contributed by atoms with Crippen LogP contribution in [0.25, 0.3) is 0 Å². The monoisotopic (exact) mass is 1090 g/mol. The summed E-state index contributed by atoms with van der Waals surface area (Å²) in [5, 5.41) is 0. The highest BCUT2D eigenvalue weighted by Gasteiger charge is 2.63. The molecule has 4 saturated heterocycles. The molecule has 0 spiro atoms. The van der Waals surface area contributed by atoms with Gasteiger partial charge in [0, 0.05) is 72.5 Å². The second-order valence-electron chi connectivity index (χ2n) is 31.5. The van der Waals surface area contributed by atoms with Crippen LogP contribution in [0.4, 0.5) is 26.3 Å². The van der Waals surface area contributed by atoms with Gasteiger partial charge < -0.3 is 0 Å². The molecule has 15 aliphatic rings. The van der Waals surface area contributed by atoms with E-state index in [4.69, 9.17) is 0 Å². The maximum absolute atomic E-state index is 15.1. The van der Waals surface area contributed by atoms with Gasteiger partial charge in [0.05, 0.1) is 11.8 Å². The van der Waals surface area contributed by atoms with Crippen molar-refractivity contribution in [3.05, 3.63) is 0 Å². The molecule has 22 unspecified atom stereocenters. The molecular formula is C68H106F6N4. The Morgan fingerprint density at radius 2 is 0.436 bits per heavy atom. The smallest absolute Gasteiger partial charge is 0.294 e. The Kier molecular flexibility index (Phi) is 15.1. The lowest BCUT2D eigenvalue weighted by Crippen LogP contribution is -2.54. The van der Waals surface area contributed by atoms with Gasteiger partial charge in [-0.05, 0) is 251 Å². The van der Waals surface area contributed by atoms with Gasteiger partial charge in [0.15, 0.2) is 0 Å². The number of likely N-dealkylation sites (tertiary alicyclic amines) is 4. The first kappa shape index (κ1) is 54.1. The predicted molar refractivity (Wildman–Crippen MR) is 298 cm³/mol. The Balaban J connectivity index is 0.632. The van der Waals surface area contributed by atoms with Gasteiger partial charge in [0.1, 0.15) is 0 Å². The number of fused-ring (bicyclic) bond motifs is 12. The molecule has 4 heterocycles. The molecule has 15 rings (SSSR count). The number of hydrogen-bond acceptors (Lipinski definition) is 4. The Hall–Kier alpha value is -0.580.